The molecule has 14 nitrogen and oxygen atoms in total. The molecule has 1 saturated heterocycles. The highest BCUT2D eigenvalue weighted by Crippen LogP contribution is 2.52. The van der Waals surface area contributed by atoms with E-state index in [-0.39, 0.29) is 52.7 Å². The number of H-pyrrole nitrogens is 1. The first-order valence-electron chi connectivity index (χ1n) is 23.3. The van der Waals surface area contributed by atoms with Crippen molar-refractivity contribution < 1.29 is 28.0 Å². The lowest BCUT2D eigenvalue weighted by molar-refractivity contribution is -0.118. The maximum Gasteiger partial charge on any atom is 0.280 e. The summed E-state index contributed by atoms with van der Waals surface area (Å²) in [7, 11) is -2.32. The van der Waals surface area contributed by atoms with Gasteiger partial charge in [0.05, 0.1) is 20.0 Å². The summed E-state index contributed by atoms with van der Waals surface area (Å²) in [5.41, 5.74) is 2.50. The summed E-state index contributed by atoms with van der Waals surface area (Å²) >= 11 is 0. The first kappa shape index (κ1) is 51.6. The average molecular weight is 952 g/mol. The van der Waals surface area contributed by atoms with E-state index in [0.29, 0.717) is 24.9 Å². The Kier molecular flexibility index (Phi) is 16.7. The Balaban J connectivity index is 1.58. The van der Waals surface area contributed by atoms with Crippen LogP contribution >= 0.6 is 8.30 Å². The van der Waals surface area contributed by atoms with E-state index in [4.69, 9.17) is 34.7 Å². The Hall–Kier alpha value is -4.78. The van der Waals surface area contributed by atoms with E-state index in [1.54, 1.807) is 31.9 Å². The van der Waals surface area contributed by atoms with E-state index >= 15 is 0 Å². The van der Waals surface area contributed by atoms with Crippen molar-refractivity contribution >= 4 is 39.6 Å². The van der Waals surface area contributed by atoms with Gasteiger partial charge in [0.15, 0.2) is 25.7 Å². The summed E-state index contributed by atoms with van der Waals surface area (Å²) < 4.78 is 39.8. The molecule has 67 heavy (non-hydrogen) atoms. The number of nitrogens with zero attached hydrogens (tertiary/aromatic N) is 5. The molecule has 16 heteroatoms. The molecule has 1 aliphatic heterocycles. The third-order valence-corrected chi connectivity index (χ3v) is 19.9. The summed E-state index contributed by atoms with van der Waals surface area (Å²) in [5.74, 6) is 0.0683. The van der Waals surface area contributed by atoms with Crippen molar-refractivity contribution in [1.82, 2.24) is 24.2 Å². The second-order valence-corrected chi connectivity index (χ2v) is 26.3. The molecular weight excluding hydrogens is 882 g/mol. The third kappa shape index (κ3) is 11.4. The average Bonchev–Trinajstić information content (AvgIpc) is 3.84. The van der Waals surface area contributed by atoms with Crippen LogP contribution in [0.2, 0.25) is 18.1 Å². The van der Waals surface area contributed by atoms with E-state index in [1.807, 2.05) is 42.5 Å². The fourth-order valence-electron chi connectivity index (χ4n) is 8.27. The summed E-state index contributed by atoms with van der Waals surface area (Å²) in [6.07, 6.45) is -0.262. The second kappa shape index (κ2) is 21.7. The monoisotopic (exact) mass is 951 g/mol. The van der Waals surface area contributed by atoms with Gasteiger partial charge in [-0.25, -0.2) is 11.6 Å². The molecule has 3 unspecified atom stereocenters. The number of benzene rings is 3. The Bertz CT molecular complexity index is 2510. The van der Waals surface area contributed by atoms with Crippen LogP contribution in [0.15, 0.2) is 90.0 Å². The number of anilines is 1. The van der Waals surface area contributed by atoms with Crippen molar-refractivity contribution in [3.63, 3.8) is 0 Å². The molecular formula is C51H70N7O7PSi. The number of ether oxygens (including phenoxy) is 3. The number of carbonyl (C=O) groups is 1. The molecule has 6 rings (SSSR count). The molecule has 5 aromatic rings. The lowest BCUT2D eigenvalue weighted by Gasteiger charge is -2.43. The number of hydrogen-bond donors (Lipinski definition) is 2. The van der Waals surface area contributed by atoms with E-state index in [9.17, 15) is 9.59 Å². The third-order valence-electron chi connectivity index (χ3n) is 12.8. The van der Waals surface area contributed by atoms with Gasteiger partial charge in [0.1, 0.15) is 38.0 Å². The number of aromatic nitrogens is 4. The molecule has 2 aromatic heterocycles. The fraction of sp³-hybridized carbons (Fsp3) is 0.510. The topological polar surface area (TPSA) is 146 Å². The lowest BCUT2D eigenvalue weighted by atomic mass is 9.79. The van der Waals surface area contributed by atoms with Crippen molar-refractivity contribution in [3.05, 3.63) is 129 Å². The Morgan fingerprint density at radius 1 is 0.955 bits per heavy atom. The van der Waals surface area contributed by atoms with Gasteiger partial charge in [0.25, 0.3) is 5.56 Å². The SMILES string of the molecule is [C-]#[N+]CCCP(OC1[C@@H](COC(c2ccccc2)(c2ccc(C)cc2)c2ccc(OC)cc2)O[C@@H](n2cnc3c(=O)[nH]c(NC(=O)C(C)C)nc32)[C@H]1O[Si](C)(C)C(C)(C)C)N(C(C)C)C(C)C. The van der Waals surface area contributed by atoms with Crippen LogP contribution in [0.5, 0.6) is 5.75 Å². The van der Waals surface area contributed by atoms with E-state index < -0.39 is 52.3 Å². The molecule has 3 aromatic carbocycles. The van der Waals surface area contributed by atoms with Crippen molar-refractivity contribution in [1.29, 1.82) is 0 Å². The van der Waals surface area contributed by atoms with Crippen LogP contribution in [0, 0.1) is 19.4 Å². The zero-order valence-corrected chi connectivity index (χ0v) is 43.4. The number of carbonyl (C=O) groups excluding carboxylic acids is 1. The predicted molar refractivity (Wildman–Crippen MR) is 269 cm³/mol. The molecule has 1 fully saturated rings. The fourth-order valence-corrected chi connectivity index (χ4v) is 12.0. The van der Waals surface area contributed by atoms with Crippen LogP contribution in [0.25, 0.3) is 16.0 Å². The standard InChI is InChI=1S/C51H70N7O7PSi/c1-33(2)46(59)55-49-54-45-42(47(60)56-49)53-32-57(45)48-44(65-67(13,14)50(8,9)10)43(64-66(30-18-29-52-11)58(34(3)4)35(5)6)41(63-48)31-62-51(37-19-16-15-17-20-37,38-23-21-36(7)22-24-38)39-25-27-40(61-12)28-26-39/h15-17,19-28,32-35,41,43-44,48H,18,29-31H2,1-10,12-14H3,(H2,54,55,56,59,60)/t41-,43?,44+,48-,51?,66?/m1/s1. The van der Waals surface area contributed by atoms with Gasteiger partial charge in [-0.2, -0.15) is 4.98 Å². The molecule has 0 radical (unpaired) electrons. The van der Waals surface area contributed by atoms with Crippen molar-refractivity contribution in [2.45, 2.75) is 136 Å². The number of methoxy groups -OCH3 is 1. The van der Waals surface area contributed by atoms with Crippen molar-refractivity contribution in [2.75, 3.05) is 31.7 Å². The summed E-state index contributed by atoms with van der Waals surface area (Å²) in [6.45, 7) is 33.3. The number of amides is 1. The first-order chi connectivity index (χ1) is 31.7. The second-order valence-electron chi connectivity index (χ2n) is 19.7. The van der Waals surface area contributed by atoms with Crippen LogP contribution in [-0.4, -0.2) is 95.2 Å². The summed E-state index contributed by atoms with van der Waals surface area (Å²) in [6, 6.07) is 26.8. The molecule has 2 N–H and O–H groups in total. The Morgan fingerprint density at radius 2 is 1.57 bits per heavy atom. The molecule has 1 aliphatic rings. The van der Waals surface area contributed by atoms with Crippen LogP contribution in [-0.2, 0) is 28.8 Å². The van der Waals surface area contributed by atoms with E-state index in [0.717, 1.165) is 22.3 Å². The number of fused-ring (bicyclic) bond motifs is 1. The van der Waals surface area contributed by atoms with Gasteiger partial charge in [0.2, 0.25) is 18.4 Å². The highest BCUT2D eigenvalue weighted by atomic mass is 31.2. The number of nitrogens with one attached hydrogen (secondary N) is 2. The van der Waals surface area contributed by atoms with Gasteiger partial charge < -0.3 is 28.0 Å². The molecule has 0 saturated carbocycles. The number of aryl methyl sites for hydroxylation is 1. The molecule has 1 amide bonds. The summed E-state index contributed by atoms with van der Waals surface area (Å²) in [4.78, 5) is 42.3. The quantitative estimate of drug-likeness (QED) is 0.0254. The van der Waals surface area contributed by atoms with Gasteiger partial charge >= 0.3 is 0 Å². The highest BCUT2D eigenvalue weighted by molar-refractivity contribution is 7.50. The van der Waals surface area contributed by atoms with Gasteiger partial charge in [-0.15, -0.1) is 0 Å². The first-order valence-corrected chi connectivity index (χ1v) is 27.6. The largest absolute Gasteiger partial charge is 0.497 e. The minimum Gasteiger partial charge on any atom is -0.497 e. The van der Waals surface area contributed by atoms with Crippen LogP contribution in [0.3, 0.4) is 0 Å². The minimum absolute atomic E-state index is 0.00330. The zero-order chi connectivity index (χ0) is 48.8. The normalized spacial score (nSPS) is 19.3. The van der Waals surface area contributed by atoms with Crippen molar-refractivity contribution in [3.8, 4) is 5.75 Å². The molecule has 360 valence electrons. The maximum absolute atomic E-state index is 13.6. The Morgan fingerprint density at radius 3 is 2.13 bits per heavy atom. The van der Waals surface area contributed by atoms with Gasteiger partial charge in [-0.3, -0.25) is 29.1 Å². The number of hydrogen-bond acceptors (Lipinski definition) is 10. The minimum atomic E-state index is -2.64. The maximum atomic E-state index is 13.6. The molecule has 0 bridgehead atoms. The van der Waals surface area contributed by atoms with Gasteiger partial charge in [-0.05, 0) is 81.6 Å². The van der Waals surface area contributed by atoms with E-state index in [2.05, 4.69) is 130 Å². The zero-order valence-electron chi connectivity index (χ0n) is 41.5. The van der Waals surface area contributed by atoms with Crippen LogP contribution in [0.1, 0.15) is 97.2 Å². The Labute approximate surface area is 399 Å². The molecule has 0 spiro atoms. The smallest absolute Gasteiger partial charge is 0.280 e. The predicted octanol–water partition coefficient (Wildman–Crippen LogP) is 10.5. The molecule has 0 aliphatic carbocycles. The van der Waals surface area contributed by atoms with Gasteiger partial charge in [0, 0.05) is 30.6 Å². The number of imidazole rings is 1. The van der Waals surface area contributed by atoms with Crippen LogP contribution < -0.4 is 15.6 Å². The van der Waals surface area contributed by atoms with Crippen molar-refractivity contribution in [2.24, 2.45) is 5.92 Å². The lowest BCUT2D eigenvalue weighted by Crippen LogP contribution is -2.50. The van der Waals surface area contributed by atoms with Crippen LogP contribution in [0.4, 0.5) is 5.95 Å². The number of aromatic amines is 1. The highest BCUT2D eigenvalue weighted by Gasteiger charge is 2.54. The number of rotatable bonds is 20. The van der Waals surface area contributed by atoms with E-state index in [1.165, 1.54) is 0 Å². The summed E-state index contributed by atoms with van der Waals surface area (Å²) in [5, 5.41) is 2.54. The van der Waals surface area contributed by atoms with Gasteiger partial charge in [-0.1, -0.05) is 107 Å². The molecule has 6 atom stereocenters. The molecule has 3 heterocycles.